The normalized spacial score (nSPS) is 21.3. The van der Waals surface area contributed by atoms with E-state index in [2.05, 4.69) is 48.2 Å². The third-order valence-corrected chi connectivity index (χ3v) is 7.37. The zero-order chi connectivity index (χ0) is 23.4. The van der Waals surface area contributed by atoms with Gasteiger partial charge in [0.25, 0.3) is 0 Å². The fraction of sp³-hybridized carbons (Fsp3) is 0.586. The molecular formula is C29H41NO3. The van der Waals surface area contributed by atoms with Crippen LogP contribution in [0.1, 0.15) is 89.2 Å². The van der Waals surface area contributed by atoms with Gasteiger partial charge in [0.05, 0.1) is 11.7 Å². The van der Waals surface area contributed by atoms with Crippen LogP contribution < -0.4 is 9.64 Å². The van der Waals surface area contributed by atoms with Crippen LogP contribution in [-0.4, -0.2) is 34.5 Å². The van der Waals surface area contributed by atoms with Gasteiger partial charge in [-0.2, -0.15) is 0 Å². The molecule has 4 heteroatoms. The Hall–Kier alpha value is -2.20. The molecule has 2 heterocycles. The maximum atomic E-state index is 11.1. The number of aryl methyl sites for hydroxylation is 1. The molecule has 180 valence electrons. The summed E-state index contributed by atoms with van der Waals surface area (Å²) in [5.41, 5.74) is 2.89. The summed E-state index contributed by atoms with van der Waals surface area (Å²) in [4.78, 5) is 2.51. The highest BCUT2D eigenvalue weighted by atomic mass is 16.5. The summed E-state index contributed by atoms with van der Waals surface area (Å²) in [6.45, 7) is 6.92. The van der Waals surface area contributed by atoms with Crippen molar-refractivity contribution in [2.24, 2.45) is 0 Å². The highest BCUT2D eigenvalue weighted by molar-refractivity contribution is 5.66. The van der Waals surface area contributed by atoms with Crippen LogP contribution in [0.4, 0.5) is 5.69 Å². The number of anilines is 1. The van der Waals surface area contributed by atoms with Crippen molar-refractivity contribution in [3.8, 4) is 11.5 Å². The quantitative estimate of drug-likeness (QED) is 0.452. The maximum absolute atomic E-state index is 11.1. The Balaban J connectivity index is 1.47. The minimum Gasteiger partial charge on any atom is -0.507 e. The Labute approximate surface area is 199 Å². The Kier molecular flexibility index (Phi) is 7.53. The third kappa shape index (κ3) is 6.23. The van der Waals surface area contributed by atoms with E-state index in [-0.39, 0.29) is 12.0 Å². The van der Waals surface area contributed by atoms with Gasteiger partial charge in [0, 0.05) is 36.0 Å². The second-order valence-electron chi connectivity index (χ2n) is 10.8. The van der Waals surface area contributed by atoms with Crippen molar-refractivity contribution in [3.05, 3.63) is 53.6 Å². The zero-order valence-corrected chi connectivity index (χ0v) is 20.6. The number of ether oxygens (including phenoxy) is 1. The molecule has 4 rings (SSSR count). The number of piperidine rings is 1. The first-order chi connectivity index (χ1) is 15.8. The van der Waals surface area contributed by atoms with Crippen LogP contribution in [0.3, 0.4) is 0 Å². The molecule has 0 radical (unpaired) electrons. The summed E-state index contributed by atoms with van der Waals surface area (Å²) >= 11 is 0. The molecule has 0 saturated carbocycles. The van der Waals surface area contributed by atoms with E-state index < -0.39 is 5.60 Å². The number of aliphatic hydroxyl groups is 1. The smallest absolute Gasteiger partial charge is 0.125 e. The first kappa shape index (κ1) is 23.9. The SMILES string of the molecule is CC(CCCc1ccccc1)Oc1cc(O)c2c(c1)N1CCCCC1CC2CCC(C)(C)O. The Morgan fingerprint density at radius 1 is 1.15 bits per heavy atom. The summed E-state index contributed by atoms with van der Waals surface area (Å²) in [7, 11) is 0. The molecule has 0 aromatic heterocycles. The molecule has 3 unspecified atom stereocenters. The van der Waals surface area contributed by atoms with Gasteiger partial charge in [0.15, 0.2) is 0 Å². The van der Waals surface area contributed by atoms with Crippen LogP contribution in [0, 0.1) is 0 Å². The molecule has 2 aliphatic heterocycles. The number of nitrogens with zero attached hydrogens (tertiary/aromatic N) is 1. The monoisotopic (exact) mass is 451 g/mol. The minimum absolute atomic E-state index is 0.0953. The lowest BCUT2D eigenvalue weighted by Crippen LogP contribution is -2.44. The molecule has 0 bridgehead atoms. The molecule has 0 amide bonds. The van der Waals surface area contributed by atoms with E-state index in [0.717, 1.165) is 62.1 Å². The predicted octanol–water partition coefficient (Wildman–Crippen LogP) is 6.58. The Bertz CT molecular complexity index is 905. The van der Waals surface area contributed by atoms with Gasteiger partial charge in [-0.05, 0) is 90.0 Å². The van der Waals surface area contributed by atoms with Crippen molar-refractivity contribution < 1.29 is 14.9 Å². The van der Waals surface area contributed by atoms with E-state index >= 15 is 0 Å². The summed E-state index contributed by atoms with van der Waals surface area (Å²) in [5.74, 6) is 1.40. The second-order valence-corrected chi connectivity index (χ2v) is 10.8. The number of rotatable bonds is 9. The minimum atomic E-state index is -0.683. The largest absolute Gasteiger partial charge is 0.507 e. The van der Waals surface area contributed by atoms with Crippen LogP contribution in [0.25, 0.3) is 0 Å². The molecule has 0 spiro atoms. The first-order valence-corrected chi connectivity index (χ1v) is 12.9. The van der Waals surface area contributed by atoms with E-state index in [1.807, 2.05) is 19.9 Å². The van der Waals surface area contributed by atoms with Crippen molar-refractivity contribution in [3.63, 3.8) is 0 Å². The second kappa shape index (κ2) is 10.4. The van der Waals surface area contributed by atoms with Crippen molar-refractivity contribution >= 4 is 5.69 Å². The standard InChI is InChI=1S/C29H41NO3/c1-21(10-9-13-22-11-5-4-6-12-22)33-25-19-26-28(27(31)20-25)23(15-16-29(2,3)32)18-24-14-7-8-17-30(24)26/h4-6,11-12,19-21,23-24,31-32H,7-10,13-18H2,1-3H3. The van der Waals surface area contributed by atoms with Gasteiger partial charge in [0.1, 0.15) is 11.5 Å². The van der Waals surface area contributed by atoms with Gasteiger partial charge < -0.3 is 19.8 Å². The average Bonchev–Trinajstić information content (AvgIpc) is 2.77. The molecule has 1 fully saturated rings. The predicted molar refractivity (Wildman–Crippen MR) is 135 cm³/mol. The fourth-order valence-corrected chi connectivity index (χ4v) is 5.65. The van der Waals surface area contributed by atoms with Gasteiger partial charge in [-0.3, -0.25) is 0 Å². The topological polar surface area (TPSA) is 52.9 Å². The van der Waals surface area contributed by atoms with Crippen molar-refractivity contribution in [1.29, 1.82) is 0 Å². The number of hydrogen-bond acceptors (Lipinski definition) is 4. The Morgan fingerprint density at radius 2 is 1.94 bits per heavy atom. The highest BCUT2D eigenvalue weighted by Gasteiger charge is 2.36. The summed E-state index contributed by atoms with van der Waals surface area (Å²) in [6, 6.07) is 15.1. The first-order valence-electron chi connectivity index (χ1n) is 12.9. The van der Waals surface area contributed by atoms with Crippen molar-refractivity contribution in [2.45, 2.75) is 102 Å². The van der Waals surface area contributed by atoms with Gasteiger partial charge in [-0.1, -0.05) is 30.3 Å². The molecule has 33 heavy (non-hydrogen) atoms. The lowest BCUT2D eigenvalue weighted by molar-refractivity contribution is 0.0655. The molecular weight excluding hydrogens is 410 g/mol. The summed E-state index contributed by atoms with van der Waals surface area (Å²) in [5, 5.41) is 21.4. The molecule has 2 aromatic carbocycles. The molecule has 4 nitrogen and oxygen atoms in total. The molecule has 2 aromatic rings. The zero-order valence-electron chi connectivity index (χ0n) is 20.6. The van der Waals surface area contributed by atoms with Crippen molar-refractivity contribution in [2.75, 3.05) is 11.4 Å². The van der Waals surface area contributed by atoms with E-state index in [4.69, 9.17) is 4.74 Å². The number of benzene rings is 2. The van der Waals surface area contributed by atoms with Crippen LogP contribution in [0.5, 0.6) is 11.5 Å². The van der Waals surface area contributed by atoms with E-state index in [9.17, 15) is 10.2 Å². The summed E-state index contributed by atoms with van der Waals surface area (Å²) < 4.78 is 6.30. The molecule has 2 aliphatic rings. The highest BCUT2D eigenvalue weighted by Crippen LogP contribution is 2.49. The van der Waals surface area contributed by atoms with Crippen LogP contribution in [0.15, 0.2) is 42.5 Å². The van der Waals surface area contributed by atoms with Gasteiger partial charge in [-0.15, -0.1) is 0 Å². The summed E-state index contributed by atoms with van der Waals surface area (Å²) in [6.07, 6.45) is 9.59. The Morgan fingerprint density at radius 3 is 2.70 bits per heavy atom. The van der Waals surface area contributed by atoms with E-state index in [1.54, 1.807) is 0 Å². The number of phenols is 1. The molecule has 3 atom stereocenters. The number of fused-ring (bicyclic) bond motifs is 3. The molecule has 1 saturated heterocycles. The maximum Gasteiger partial charge on any atom is 0.125 e. The third-order valence-electron chi connectivity index (χ3n) is 7.37. The van der Waals surface area contributed by atoms with Crippen LogP contribution >= 0.6 is 0 Å². The van der Waals surface area contributed by atoms with E-state index in [1.165, 1.54) is 24.8 Å². The van der Waals surface area contributed by atoms with Gasteiger partial charge in [-0.25, -0.2) is 0 Å². The number of phenolic OH excluding ortho intramolecular Hbond substituents is 1. The van der Waals surface area contributed by atoms with Crippen LogP contribution in [-0.2, 0) is 6.42 Å². The van der Waals surface area contributed by atoms with Crippen LogP contribution in [0.2, 0.25) is 0 Å². The number of hydrogen-bond donors (Lipinski definition) is 2. The van der Waals surface area contributed by atoms with Gasteiger partial charge in [0.2, 0.25) is 0 Å². The van der Waals surface area contributed by atoms with Crippen molar-refractivity contribution in [1.82, 2.24) is 0 Å². The number of aromatic hydroxyl groups is 1. The van der Waals surface area contributed by atoms with Gasteiger partial charge >= 0.3 is 0 Å². The molecule has 0 aliphatic carbocycles. The lowest BCUT2D eigenvalue weighted by Gasteiger charge is -2.45. The lowest BCUT2D eigenvalue weighted by atomic mass is 9.78. The van der Waals surface area contributed by atoms with E-state index in [0.29, 0.717) is 11.8 Å². The average molecular weight is 452 g/mol. The fourth-order valence-electron chi connectivity index (χ4n) is 5.65. The molecule has 2 N–H and O–H groups in total.